The molecule has 0 atom stereocenters. The van der Waals surface area contributed by atoms with E-state index >= 15 is 0 Å². The Morgan fingerprint density at radius 1 is 1.00 bits per heavy atom. The van der Waals surface area contributed by atoms with Crippen LogP contribution < -0.4 is 14.9 Å². The molecular formula is C31H30Cl2N4O5. The lowest BCUT2D eigenvalue weighted by Gasteiger charge is -2.26. The zero-order chi connectivity index (χ0) is 29.8. The molecule has 1 fully saturated rings. The fourth-order valence-corrected chi connectivity index (χ4v) is 5.42. The Labute approximate surface area is 253 Å². The second kappa shape index (κ2) is 12.9. The molecule has 2 N–H and O–H groups in total. The van der Waals surface area contributed by atoms with Crippen LogP contribution in [0.3, 0.4) is 0 Å². The summed E-state index contributed by atoms with van der Waals surface area (Å²) in [7, 11) is 1.54. The number of piperidine rings is 1. The zero-order valence-electron chi connectivity index (χ0n) is 23.2. The molecule has 9 nitrogen and oxygen atoms in total. The molecule has 1 aliphatic heterocycles. The van der Waals surface area contributed by atoms with Crippen LogP contribution in [0.15, 0.2) is 60.7 Å². The predicted octanol–water partition coefficient (Wildman–Crippen LogP) is 6.57. The summed E-state index contributed by atoms with van der Waals surface area (Å²) in [4.78, 5) is 24.5. The van der Waals surface area contributed by atoms with Gasteiger partial charge < -0.3 is 14.6 Å². The molecular weight excluding hydrogens is 579 g/mol. The normalized spacial score (nSPS) is 13.5. The smallest absolute Gasteiger partial charge is 0.335 e. The Kier molecular flexibility index (Phi) is 9.01. The van der Waals surface area contributed by atoms with Gasteiger partial charge in [-0.25, -0.2) is 14.5 Å². The van der Waals surface area contributed by atoms with E-state index in [0.717, 1.165) is 37.9 Å². The van der Waals surface area contributed by atoms with Crippen LogP contribution in [0.25, 0.3) is 16.9 Å². The van der Waals surface area contributed by atoms with E-state index in [4.69, 9.17) is 42.9 Å². The van der Waals surface area contributed by atoms with Crippen LogP contribution in [-0.4, -0.2) is 52.0 Å². The molecule has 0 radical (unpaired) electrons. The van der Waals surface area contributed by atoms with Crippen molar-refractivity contribution in [3.63, 3.8) is 0 Å². The third-order valence-electron chi connectivity index (χ3n) is 7.13. The first-order valence-corrected chi connectivity index (χ1v) is 14.2. The van der Waals surface area contributed by atoms with Crippen LogP contribution in [0.1, 0.15) is 51.2 Å². The highest BCUT2D eigenvalue weighted by Crippen LogP contribution is 2.38. The second-order valence-corrected chi connectivity index (χ2v) is 10.8. The van der Waals surface area contributed by atoms with Crippen molar-refractivity contribution in [2.24, 2.45) is 0 Å². The number of carboxylic acid groups (broad SMARTS) is 1. The van der Waals surface area contributed by atoms with E-state index < -0.39 is 5.97 Å². The van der Waals surface area contributed by atoms with E-state index in [-0.39, 0.29) is 23.8 Å². The van der Waals surface area contributed by atoms with Crippen LogP contribution in [-0.2, 0) is 6.61 Å². The third-order valence-corrected chi connectivity index (χ3v) is 7.67. The summed E-state index contributed by atoms with van der Waals surface area (Å²) in [6, 6.07) is 17.0. The summed E-state index contributed by atoms with van der Waals surface area (Å²) in [6.07, 6.45) is 3.20. The molecule has 218 valence electrons. The molecule has 11 heteroatoms. The summed E-state index contributed by atoms with van der Waals surface area (Å²) < 4.78 is 13.4. The lowest BCUT2D eigenvalue weighted by atomic mass is 10.1. The van der Waals surface area contributed by atoms with Gasteiger partial charge in [-0.05, 0) is 67.8 Å². The van der Waals surface area contributed by atoms with Crippen molar-refractivity contribution in [1.29, 1.82) is 0 Å². The van der Waals surface area contributed by atoms with Crippen molar-refractivity contribution < 1.29 is 24.2 Å². The number of aromatic carboxylic acids is 1. The number of benzene rings is 3. The summed E-state index contributed by atoms with van der Waals surface area (Å²) >= 11 is 12.8. The van der Waals surface area contributed by atoms with E-state index in [2.05, 4.69) is 5.43 Å². The van der Waals surface area contributed by atoms with Gasteiger partial charge in [0.2, 0.25) is 0 Å². The Morgan fingerprint density at radius 3 is 2.40 bits per heavy atom. The van der Waals surface area contributed by atoms with Crippen molar-refractivity contribution in [3.8, 4) is 28.4 Å². The maximum Gasteiger partial charge on any atom is 0.335 e. The van der Waals surface area contributed by atoms with Gasteiger partial charge in [0.1, 0.15) is 23.8 Å². The molecule has 1 saturated heterocycles. The zero-order valence-corrected chi connectivity index (χ0v) is 24.7. The van der Waals surface area contributed by atoms with Crippen LogP contribution in [0.4, 0.5) is 0 Å². The predicted molar refractivity (Wildman–Crippen MR) is 161 cm³/mol. The first kappa shape index (κ1) is 29.4. The highest BCUT2D eigenvalue weighted by atomic mass is 35.5. The second-order valence-electron chi connectivity index (χ2n) is 9.97. The van der Waals surface area contributed by atoms with E-state index in [1.165, 1.54) is 12.1 Å². The molecule has 0 saturated carbocycles. The van der Waals surface area contributed by atoms with E-state index in [9.17, 15) is 9.59 Å². The molecule has 0 bridgehead atoms. The summed E-state index contributed by atoms with van der Waals surface area (Å²) in [6.45, 7) is 3.66. The first-order valence-electron chi connectivity index (χ1n) is 13.5. The summed E-state index contributed by atoms with van der Waals surface area (Å²) in [5, 5.41) is 16.7. The number of carbonyl (C=O) groups is 2. The third kappa shape index (κ3) is 6.38. The van der Waals surface area contributed by atoms with Crippen molar-refractivity contribution in [2.45, 2.75) is 32.8 Å². The maximum absolute atomic E-state index is 13.4. The SMILES string of the molecule is COc1cc(OCc2ccc(C(=O)O)cc2)ccc1-n1nc(C(=O)NN2CCCCC2)c(C)c1-c1ccc(Cl)cc1Cl. The van der Waals surface area contributed by atoms with Gasteiger partial charge in [0.25, 0.3) is 5.91 Å². The Balaban J connectivity index is 1.50. The van der Waals surface area contributed by atoms with Gasteiger partial charge in [-0.1, -0.05) is 41.8 Å². The molecule has 5 rings (SSSR count). The van der Waals surface area contributed by atoms with Gasteiger partial charge in [0.15, 0.2) is 5.69 Å². The number of hydrogen-bond donors (Lipinski definition) is 2. The minimum absolute atomic E-state index is 0.208. The van der Waals surface area contributed by atoms with Crippen LogP contribution >= 0.6 is 23.2 Å². The van der Waals surface area contributed by atoms with E-state index in [1.54, 1.807) is 60.3 Å². The number of ether oxygens (including phenoxy) is 2. The standard InChI is InChI=1S/C31H30Cl2N4O5/c1-19-28(30(38)35-36-14-4-3-5-15-36)34-37(29(19)24-12-10-22(32)16-25(24)33)26-13-11-23(17-27(26)41-2)42-18-20-6-8-21(9-7-20)31(39)40/h6-13,16-17H,3-5,14-15,18H2,1-2H3,(H,35,38)(H,39,40). The Hall–Kier alpha value is -4.05. The minimum atomic E-state index is -0.983. The van der Waals surface area contributed by atoms with Crippen molar-refractivity contribution in [2.75, 3.05) is 20.2 Å². The van der Waals surface area contributed by atoms with Crippen LogP contribution in [0, 0.1) is 6.92 Å². The fraction of sp³-hybridized carbons (Fsp3) is 0.258. The average Bonchev–Trinajstić information content (AvgIpc) is 3.33. The quantitative estimate of drug-likeness (QED) is 0.221. The number of hydrazine groups is 1. The van der Waals surface area contributed by atoms with Crippen molar-refractivity contribution in [1.82, 2.24) is 20.2 Å². The van der Waals surface area contributed by atoms with Gasteiger partial charge in [-0.3, -0.25) is 10.2 Å². The number of amides is 1. The molecule has 42 heavy (non-hydrogen) atoms. The minimum Gasteiger partial charge on any atom is -0.494 e. The lowest BCUT2D eigenvalue weighted by molar-refractivity contribution is 0.0695. The van der Waals surface area contributed by atoms with Crippen LogP contribution in [0.2, 0.25) is 10.0 Å². The average molecular weight is 610 g/mol. The number of aromatic nitrogens is 2. The molecule has 0 aliphatic carbocycles. The molecule has 1 aliphatic rings. The van der Waals surface area contributed by atoms with E-state index in [1.807, 2.05) is 11.9 Å². The molecule has 1 aromatic heterocycles. The van der Waals surface area contributed by atoms with Gasteiger partial charge in [0.05, 0.1) is 23.4 Å². The topological polar surface area (TPSA) is 106 Å². The van der Waals surface area contributed by atoms with Gasteiger partial charge in [-0.15, -0.1) is 0 Å². The number of methoxy groups -OCH3 is 1. The number of nitrogens with one attached hydrogen (secondary N) is 1. The number of carboxylic acids is 1. The fourth-order valence-electron chi connectivity index (χ4n) is 4.92. The lowest BCUT2D eigenvalue weighted by Crippen LogP contribution is -2.45. The molecule has 4 aromatic rings. The van der Waals surface area contributed by atoms with Gasteiger partial charge in [-0.2, -0.15) is 5.10 Å². The number of hydrogen-bond acceptors (Lipinski definition) is 6. The molecule has 1 amide bonds. The monoisotopic (exact) mass is 608 g/mol. The van der Waals surface area contributed by atoms with Crippen LogP contribution in [0.5, 0.6) is 11.5 Å². The molecule has 0 unspecified atom stereocenters. The van der Waals surface area contributed by atoms with Gasteiger partial charge >= 0.3 is 5.97 Å². The highest BCUT2D eigenvalue weighted by molar-refractivity contribution is 6.36. The largest absolute Gasteiger partial charge is 0.494 e. The number of carbonyl (C=O) groups excluding carboxylic acids is 1. The number of rotatable bonds is 9. The summed E-state index contributed by atoms with van der Waals surface area (Å²) in [5.74, 6) is -0.281. The number of halogens is 2. The maximum atomic E-state index is 13.4. The summed E-state index contributed by atoms with van der Waals surface area (Å²) in [5.41, 5.74) is 6.83. The molecule has 3 aromatic carbocycles. The van der Waals surface area contributed by atoms with Gasteiger partial charge in [0, 0.05) is 35.3 Å². The van der Waals surface area contributed by atoms with Crippen molar-refractivity contribution >= 4 is 35.1 Å². The van der Waals surface area contributed by atoms with E-state index in [0.29, 0.717) is 44.1 Å². The number of nitrogens with zero attached hydrogens (tertiary/aromatic N) is 3. The first-order chi connectivity index (χ1) is 20.2. The highest BCUT2D eigenvalue weighted by Gasteiger charge is 2.26. The molecule has 2 heterocycles. The Bertz CT molecular complexity index is 1610. The molecule has 0 spiro atoms. The Morgan fingerprint density at radius 2 is 1.74 bits per heavy atom. The van der Waals surface area contributed by atoms with Crippen molar-refractivity contribution in [3.05, 3.63) is 93.1 Å².